The molecule has 5 fully saturated rings. The number of hydrogen-bond acceptors (Lipinski definition) is 21. The van der Waals surface area contributed by atoms with E-state index in [1.54, 1.807) is 104 Å². The average Bonchev–Trinajstić information content (AvgIpc) is 3.29. The second-order valence-corrected chi connectivity index (χ2v) is 26.0. The maximum absolute atomic E-state index is 14.1. The first-order chi connectivity index (χ1) is 36.8. The summed E-state index contributed by atoms with van der Waals surface area (Å²) in [6.45, 7) is 24.2. The Hall–Kier alpha value is -4.58. The van der Waals surface area contributed by atoms with Crippen molar-refractivity contribution in [1.29, 1.82) is 0 Å². The lowest BCUT2D eigenvalue weighted by Crippen LogP contribution is -2.75. The van der Waals surface area contributed by atoms with Gasteiger partial charge in [0.2, 0.25) is 5.91 Å². The van der Waals surface area contributed by atoms with Gasteiger partial charge in [0.15, 0.2) is 18.4 Å². The normalized spacial score (nSPS) is 31.4. The average molecular weight is 1150 g/mol. The van der Waals surface area contributed by atoms with E-state index in [9.17, 15) is 49.2 Å². The molecule has 3 saturated heterocycles. The number of rotatable bonds is 14. The highest BCUT2D eigenvalue weighted by atomic mass is 16.8. The van der Waals surface area contributed by atoms with Crippen molar-refractivity contribution in [3.05, 3.63) is 0 Å². The summed E-state index contributed by atoms with van der Waals surface area (Å²) in [6.07, 6.45) is -18.9. The van der Waals surface area contributed by atoms with Crippen LogP contribution in [0.15, 0.2) is 0 Å². The van der Waals surface area contributed by atoms with E-state index in [2.05, 4.69) is 31.9 Å². The lowest BCUT2D eigenvalue weighted by molar-refractivity contribution is -0.390. The topological polar surface area (TPSA) is 357 Å². The van der Waals surface area contributed by atoms with Crippen molar-refractivity contribution in [2.45, 2.75) is 281 Å². The highest BCUT2D eigenvalue weighted by Crippen LogP contribution is 2.42. The Morgan fingerprint density at radius 3 is 1.56 bits per heavy atom. The van der Waals surface area contributed by atoms with Crippen LogP contribution in [0.3, 0.4) is 0 Å². The van der Waals surface area contributed by atoms with Gasteiger partial charge < -0.3 is 104 Å². The van der Waals surface area contributed by atoms with Crippen LogP contribution in [0.2, 0.25) is 0 Å². The van der Waals surface area contributed by atoms with Crippen LogP contribution in [0.5, 0.6) is 0 Å². The number of carbonyl (C=O) groups excluding carboxylic acids is 6. The van der Waals surface area contributed by atoms with Crippen molar-refractivity contribution < 1.29 is 101 Å². The molecule has 10 N–H and O–H groups in total. The second kappa shape index (κ2) is 26.8. The zero-order valence-electron chi connectivity index (χ0n) is 49.2. The van der Waals surface area contributed by atoms with Gasteiger partial charge in [0, 0.05) is 25.9 Å². The van der Waals surface area contributed by atoms with E-state index in [0.29, 0.717) is 12.8 Å². The summed E-state index contributed by atoms with van der Waals surface area (Å²) < 4.78 is 66.3. The molecule has 2 aliphatic carbocycles. The molecule has 0 bridgehead atoms. The number of hydrogen-bond donors (Lipinski definition) is 10. The molecule has 6 amide bonds. The first-order valence-electron chi connectivity index (χ1n) is 27.7. The molecule has 3 aliphatic heterocycles. The van der Waals surface area contributed by atoms with Crippen LogP contribution in [0.4, 0.5) is 24.0 Å². The third-order valence-electron chi connectivity index (χ3n) is 12.9. The number of aliphatic hydroxyl groups is 4. The van der Waals surface area contributed by atoms with Crippen molar-refractivity contribution in [1.82, 2.24) is 31.9 Å². The Morgan fingerprint density at radius 1 is 0.550 bits per heavy atom. The van der Waals surface area contributed by atoms with E-state index in [1.807, 2.05) is 0 Å². The first kappa shape index (κ1) is 66.2. The van der Waals surface area contributed by atoms with E-state index in [1.165, 1.54) is 0 Å². The SMILES string of the molecule is CC(C)(C)OC(=O)NCC[C@H](O)C(=O)N[C@@H]1C(O)[C@H](NC(=O)OC(C)(C)C)C(O[C@@H]2OC(CNC(=O)OC(C)(C)C)CCC2NC(=O)OC(C)(C)C)C(O)[C@@H]1O[C@@H]1OC2COC3(CCCCC3)O[C@@H]2[C@H](NC(=O)OC(C)(C)C)C1O. The maximum Gasteiger partial charge on any atom is 0.408 e. The molecular weight excluding hydrogens is 1060 g/mol. The standard InChI is InChI=1S/C53H92N6O21/c1-48(2,3)76-43(65)54-24-21-29(60)40(64)57-31-34(61)32(58-46(68)79-51(10,11)12)39(73-41-28(56-45(67)78-50(7,8)9)20-19-27(71-41)25-55-44(66)77-49(4,5)6)36(63)38(31)74-42-35(62)33(59-47(69)80-52(13,14)15)37-30(72-42)26-70-53(75-37)22-17-16-18-23-53/h27-39,41-42,60-63H,16-26H2,1-15H3,(H,54,65)(H,55,66)(H,56,67)(H,57,64)(H,58,68)(H,59,69)/t27?,28?,29-,30?,31+,32-,33+,34?,35?,36?,37-,38+,39?,41-,42-/m0/s1. The van der Waals surface area contributed by atoms with Crippen LogP contribution in [-0.4, -0.2) is 202 Å². The Labute approximate surface area is 468 Å². The highest BCUT2D eigenvalue weighted by molar-refractivity contribution is 5.81. The summed E-state index contributed by atoms with van der Waals surface area (Å²) in [6, 6.07) is -6.00. The fourth-order valence-electron chi connectivity index (χ4n) is 9.70. The van der Waals surface area contributed by atoms with E-state index in [4.69, 9.17) is 52.1 Å². The summed E-state index contributed by atoms with van der Waals surface area (Å²) >= 11 is 0. The van der Waals surface area contributed by atoms with Crippen LogP contribution >= 0.6 is 0 Å². The second-order valence-electron chi connectivity index (χ2n) is 26.0. The van der Waals surface area contributed by atoms with Gasteiger partial charge in [-0.1, -0.05) is 6.42 Å². The third-order valence-corrected chi connectivity index (χ3v) is 12.9. The fourth-order valence-corrected chi connectivity index (χ4v) is 9.70. The van der Waals surface area contributed by atoms with Crippen molar-refractivity contribution >= 4 is 36.4 Å². The van der Waals surface area contributed by atoms with Crippen molar-refractivity contribution in [3.8, 4) is 0 Å². The van der Waals surface area contributed by atoms with Gasteiger partial charge in [0.05, 0.1) is 43.0 Å². The molecule has 0 aromatic rings. The number of fused-ring (bicyclic) bond motifs is 1. The molecular formula is C53H92N6O21. The van der Waals surface area contributed by atoms with Gasteiger partial charge in [-0.2, -0.15) is 0 Å². The van der Waals surface area contributed by atoms with Gasteiger partial charge in [0.25, 0.3) is 0 Å². The molecule has 5 aliphatic rings. The molecule has 0 aromatic heterocycles. The molecule has 5 rings (SSSR count). The van der Waals surface area contributed by atoms with Gasteiger partial charge in [-0.15, -0.1) is 0 Å². The van der Waals surface area contributed by atoms with E-state index in [-0.39, 0.29) is 39.0 Å². The summed E-state index contributed by atoms with van der Waals surface area (Å²) in [5.41, 5.74) is -4.72. The molecule has 0 radical (unpaired) electrons. The molecule has 7 unspecified atom stereocenters. The van der Waals surface area contributed by atoms with Crippen LogP contribution in [0.25, 0.3) is 0 Å². The van der Waals surface area contributed by atoms with Gasteiger partial charge in [0.1, 0.15) is 70.7 Å². The van der Waals surface area contributed by atoms with E-state index < -0.39 is 162 Å². The third kappa shape index (κ3) is 20.4. The Bertz CT molecular complexity index is 2100. The minimum absolute atomic E-state index is 0.105. The molecule has 27 nitrogen and oxygen atoms in total. The number of ether oxygens (including phenoxy) is 11. The number of carbonyl (C=O) groups is 6. The van der Waals surface area contributed by atoms with Crippen molar-refractivity contribution in [2.75, 3.05) is 19.7 Å². The van der Waals surface area contributed by atoms with Gasteiger partial charge in [-0.25, -0.2) is 24.0 Å². The maximum atomic E-state index is 14.1. The van der Waals surface area contributed by atoms with Crippen LogP contribution in [0.1, 0.15) is 155 Å². The van der Waals surface area contributed by atoms with Crippen LogP contribution in [-0.2, 0) is 56.9 Å². The Morgan fingerprint density at radius 2 is 1.02 bits per heavy atom. The molecule has 80 heavy (non-hydrogen) atoms. The summed E-state index contributed by atoms with van der Waals surface area (Å²) in [5, 5.41) is 64.8. The monoisotopic (exact) mass is 1150 g/mol. The minimum Gasteiger partial charge on any atom is -0.444 e. The zero-order valence-corrected chi connectivity index (χ0v) is 49.2. The lowest BCUT2D eigenvalue weighted by atomic mass is 9.80. The fraction of sp³-hybridized carbons (Fsp3) is 0.887. The predicted octanol–water partition coefficient (Wildman–Crippen LogP) is 3.12. The molecule has 460 valence electrons. The van der Waals surface area contributed by atoms with Crippen molar-refractivity contribution in [3.63, 3.8) is 0 Å². The van der Waals surface area contributed by atoms with Gasteiger partial charge in [-0.3, -0.25) is 4.79 Å². The molecule has 0 aromatic carbocycles. The van der Waals surface area contributed by atoms with Crippen molar-refractivity contribution in [2.24, 2.45) is 0 Å². The summed E-state index contributed by atoms with van der Waals surface area (Å²) in [5.74, 6) is -2.19. The first-order valence-corrected chi connectivity index (χ1v) is 27.7. The van der Waals surface area contributed by atoms with E-state index in [0.717, 1.165) is 19.3 Å². The number of amides is 6. The molecule has 3 heterocycles. The highest BCUT2D eigenvalue weighted by Gasteiger charge is 2.59. The quantitative estimate of drug-likeness (QED) is 0.112. The minimum atomic E-state index is -2.10. The van der Waals surface area contributed by atoms with Crippen LogP contribution < -0.4 is 31.9 Å². The summed E-state index contributed by atoms with van der Waals surface area (Å²) in [4.78, 5) is 80.0. The number of alkyl carbamates (subject to hydrolysis) is 5. The molecule has 1 spiro atoms. The predicted molar refractivity (Wildman–Crippen MR) is 281 cm³/mol. The van der Waals surface area contributed by atoms with E-state index >= 15 is 0 Å². The molecule has 2 saturated carbocycles. The number of aliphatic hydroxyl groups excluding tert-OH is 4. The summed E-state index contributed by atoms with van der Waals surface area (Å²) in [7, 11) is 0. The molecule has 15 atom stereocenters. The molecule has 27 heteroatoms. The Balaban J connectivity index is 1.56. The Kier molecular flexibility index (Phi) is 22.2. The lowest BCUT2D eigenvalue weighted by Gasteiger charge is -2.54. The smallest absolute Gasteiger partial charge is 0.408 e. The largest absolute Gasteiger partial charge is 0.444 e. The van der Waals surface area contributed by atoms with Crippen LogP contribution in [0, 0.1) is 0 Å². The zero-order chi connectivity index (χ0) is 59.9. The number of nitrogens with one attached hydrogen (secondary N) is 6. The van der Waals surface area contributed by atoms with Gasteiger partial charge in [-0.05, 0) is 136 Å². The van der Waals surface area contributed by atoms with Gasteiger partial charge >= 0.3 is 30.5 Å².